The molecule has 0 bridgehead atoms. The SMILES string of the molecule is CC(C)(C)NCC(OC1CCOC1)c1ccccc1. The van der Waals surface area contributed by atoms with Crippen LogP contribution in [0.3, 0.4) is 0 Å². The fraction of sp³-hybridized carbons (Fsp3) is 0.625. The topological polar surface area (TPSA) is 30.5 Å². The van der Waals surface area contributed by atoms with Crippen LogP contribution in [-0.2, 0) is 9.47 Å². The molecule has 1 aliphatic rings. The summed E-state index contributed by atoms with van der Waals surface area (Å²) >= 11 is 0. The molecule has 0 radical (unpaired) electrons. The Morgan fingerprint density at radius 1 is 1.32 bits per heavy atom. The number of rotatable bonds is 5. The van der Waals surface area contributed by atoms with Crippen molar-refractivity contribution >= 4 is 0 Å². The van der Waals surface area contributed by atoms with Gasteiger partial charge in [0.05, 0.1) is 18.8 Å². The van der Waals surface area contributed by atoms with E-state index in [-0.39, 0.29) is 17.7 Å². The first kappa shape index (κ1) is 14.5. The van der Waals surface area contributed by atoms with Gasteiger partial charge in [-0.05, 0) is 32.8 Å². The molecule has 0 aliphatic carbocycles. The zero-order valence-electron chi connectivity index (χ0n) is 12.2. The number of benzene rings is 1. The van der Waals surface area contributed by atoms with Crippen molar-refractivity contribution in [2.75, 3.05) is 19.8 Å². The molecule has 1 N–H and O–H groups in total. The highest BCUT2D eigenvalue weighted by molar-refractivity contribution is 5.18. The van der Waals surface area contributed by atoms with Crippen molar-refractivity contribution in [3.63, 3.8) is 0 Å². The lowest BCUT2D eigenvalue weighted by Crippen LogP contribution is -2.39. The van der Waals surface area contributed by atoms with Gasteiger partial charge in [-0.1, -0.05) is 30.3 Å². The summed E-state index contributed by atoms with van der Waals surface area (Å²) in [5, 5.41) is 3.53. The van der Waals surface area contributed by atoms with Gasteiger partial charge in [-0.3, -0.25) is 0 Å². The third kappa shape index (κ3) is 4.94. The molecule has 1 fully saturated rings. The molecule has 106 valence electrons. The number of hydrogen-bond donors (Lipinski definition) is 1. The first-order valence-electron chi connectivity index (χ1n) is 7.08. The zero-order chi connectivity index (χ0) is 13.7. The Bertz CT molecular complexity index is 366. The monoisotopic (exact) mass is 263 g/mol. The number of hydrogen-bond acceptors (Lipinski definition) is 3. The van der Waals surface area contributed by atoms with Gasteiger partial charge in [-0.25, -0.2) is 0 Å². The summed E-state index contributed by atoms with van der Waals surface area (Å²) < 4.78 is 11.6. The van der Waals surface area contributed by atoms with Crippen molar-refractivity contribution in [1.29, 1.82) is 0 Å². The Morgan fingerprint density at radius 2 is 2.05 bits per heavy atom. The van der Waals surface area contributed by atoms with Crippen LogP contribution in [0.2, 0.25) is 0 Å². The summed E-state index contributed by atoms with van der Waals surface area (Å²) in [6.07, 6.45) is 1.32. The third-order valence-electron chi connectivity index (χ3n) is 3.23. The highest BCUT2D eigenvalue weighted by atomic mass is 16.6. The van der Waals surface area contributed by atoms with Crippen LogP contribution in [-0.4, -0.2) is 31.4 Å². The van der Waals surface area contributed by atoms with E-state index in [4.69, 9.17) is 9.47 Å². The maximum atomic E-state index is 6.21. The minimum absolute atomic E-state index is 0.0899. The maximum absolute atomic E-state index is 6.21. The second-order valence-electron chi connectivity index (χ2n) is 6.15. The van der Waals surface area contributed by atoms with Crippen LogP contribution in [0.15, 0.2) is 30.3 Å². The van der Waals surface area contributed by atoms with Crippen LogP contribution in [0.5, 0.6) is 0 Å². The van der Waals surface area contributed by atoms with Gasteiger partial charge in [0.2, 0.25) is 0 Å². The smallest absolute Gasteiger partial charge is 0.0954 e. The molecule has 3 heteroatoms. The average Bonchev–Trinajstić information content (AvgIpc) is 2.87. The minimum Gasteiger partial charge on any atom is -0.379 e. The molecule has 0 amide bonds. The second kappa shape index (κ2) is 6.51. The van der Waals surface area contributed by atoms with E-state index in [0.29, 0.717) is 0 Å². The summed E-state index contributed by atoms with van der Waals surface area (Å²) in [5.41, 5.74) is 1.33. The van der Waals surface area contributed by atoms with Gasteiger partial charge in [0.15, 0.2) is 0 Å². The van der Waals surface area contributed by atoms with Crippen LogP contribution >= 0.6 is 0 Å². The molecule has 2 unspecified atom stereocenters. The van der Waals surface area contributed by atoms with Gasteiger partial charge in [-0.2, -0.15) is 0 Å². The normalized spacial score (nSPS) is 21.5. The summed E-state index contributed by atoms with van der Waals surface area (Å²) in [7, 11) is 0. The molecule has 1 heterocycles. The molecule has 2 atom stereocenters. The Morgan fingerprint density at radius 3 is 2.63 bits per heavy atom. The van der Waals surface area contributed by atoms with E-state index in [1.807, 2.05) is 6.07 Å². The zero-order valence-corrected chi connectivity index (χ0v) is 12.2. The molecule has 1 aromatic carbocycles. The molecule has 1 aromatic rings. The Balaban J connectivity index is 2.00. The summed E-state index contributed by atoms with van der Waals surface area (Å²) in [6, 6.07) is 10.4. The van der Waals surface area contributed by atoms with Gasteiger partial charge in [0.1, 0.15) is 0 Å². The second-order valence-corrected chi connectivity index (χ2v) is 6.15. The largest absolute Gasteiger partial charge is 0.379 e. The van der Waals surface area contributed by atoms with E-state index >= 15 is 0 Å². The van der Waals surface area contributed by atoms with Gasteiger partial charge in [-0.15, -0.1) is 0 Å². The van der Waals surface area contributed by atoms with E-state index in [0.717, 1.165) is 26.2 Å². The maximum Gasteiger partial charge on any atom is 0.0954 e. The molecular weight excluding hydrogens is 238 g/mol. The summed E-state index contributed by atoms with van der Waals surface area (Å²) in [6.45, 7) is 8.89. The van der Waals surface area contributed by atoms with Gasteiger partial charge in [0, 0.05) is 18.7 Å². The summed E-state index contributed by atoms with van der Waals surface area (Å²) in [5.74, 6) is 0. The van der Waals surface area contributed by atoms with Crippen LogP contribution in [0, 0.1) is 0 Å². The Hall–Kier alpha value is -0.900. The highest BCUT2D eigenvalue weighted by Crippen LogP contribution is 2.22. The number of nitrogens with one attached hydrogen (secondary N) is 1. The lowest BCUT2D eigenvalue weighted by atomic mass is 10.1. The molecule has 1 aliphatic heterocycles. The predicted octanol–water partition coefficient (Wildman–Crippen LogP) is 2.92. The van der Waals surface area contributed by atoms with Crippen molar-refractivity contribution in [3.05, 3.63) is 35.9 Å². The fourth-order valence-electron chi connectivity index (χ4n) is 2.16. The molecule has 0 spiro atoms. The van der Waals surface area contributed by atoms with E-state index in [1.54, 1.807) is 0 Å². The van der Waals surface area contributed by atoms with E-state index in [2.05, 4.69) is 50.4 Å². The first-order valence-corrected chi connectivity index (χ1v) is 7.08. The minimum atomic E-state index is 0.0899. The van der Waals surface area contributed by atoms with Crippen LogP contribution < -0.4 is 5.32 Å². The van der Waals surface area contributed by atoms with Crippen molar-refractivity contribution in [2.24, 2.45) is 0 Å². The molecular formula is C16H25NO2. The standard InChI is InChI=1S/C16H25NO2/c1-16(2,3)17-11-15(13-7-5-4-6-8-13)19-14-9-10-18-12-14/h4-8,14-15,17H,9-12H2,1-3H3. The lowest BCUT2D eigenvalue weighted by Gasteiger charge is -2.27. The quantitative estimate of drug-likeness (QED) is 0.886. The fourth-order valence-corrected chi connectivity index (χ4v) is 2.16. The highest BCUT2D eigenvalue weighted by Gasteiger charge is 2.23. The van der Waals surface area contributed by atoms with Gasteiger partial charge < -0.3 is 14.8 Å². The third-order valence-corrected chi connectivity index (χ3v) is 3.23. The molecule has 1 saturated heterocycles. The predicted molar refractivity (Wildman–Crippen MR) is 77.2 cm³/mol. The number of ether oxygens (including phenoxy) is 2. The molecule has 3 nitrogen and oxygen atoms in total. The molecule has 0 saturated carbocycles. The summed E-state index contributed by atoms with van der Waals surface area (Å²) in [4.78, 5) is 0. The van der Waals surface area contributed by atoms with Crippen molar-refractivity contribution in [3.8, 4) is 0 Å². The van der Waals surface area contributed by atoms with E-state index in [9.17, 15) is 0 Å². The van der Waals surface area contributed by atoms with Crippen LogP contribution in [0.1, 0.15) is 38.9 Å². The van der Waals surface area contributed by atoms with E-state index in [1.165, 1.54) is 5.56 Å². The lowest BCUT2D eigenvalue weighted by molar-refractivity contribution is -0.0188. The Labute approximate surface area is 116 Å². The first-order chi connectivity index (χ1) is 9.04. The van der Waals surface area contributed by atoms with Crippen molar-refractivity contribution < 1.29 is 9.47 Å². The van der Waals surface area contributed by atoms with Gasteiger partial charge >= 0.3 is 0 Å². The molecule has 19 heavy (non-hydrogen) atoms. The Kier molecular flexibility index (Phi) is 4.97. The van der Waals surface area contributed by atoms with Crippen molar-refractivity contribution in [2.45, 2.75) is 44.9 Å². The van der Waals surface area contributed by atoms with E-state index < -0.39 is 0 Å². The molecule has 2 rings (SSSR count). The molecule has 0 aromatic heterocycles. The average molecular weight is 263 g/mol. The van der Waals surface area contributed by atoms with Crippen LogP contribution in [0.25, 0.3) is 0 Å². The van der Waals surface area contributed by atoms with Crippen LogP contribution in [0.4, 0.5) is 0 Å². The van der Waals surface area contributed by atoms with Gasteiger partial charge in [0.25, 0.3) is 0 Å². The van der Waals surface area contributed by atoms with Crippen molar-refractivity contribution in [1.82, 2.24) is 5.32 Å².